The summed E-state index contributed by atoms with van der Waals surface area (Å²) in [6, 6.07) is 9.80. The van der Waals surface area contributed by atoms with Gasteiger partial charge >= 0.3 is 0 Å². The molecule has 104 valence electrons. The van der Waals surface area contributed by atoms with Gasteiger partial charge in [0, 0.05) is 5.56 Å². The predicted octanol–water partition coefficient (Wildman–Crippen LogP) is 3.77. The summed E-state index contributed by atoms with van der Waals surface area (Å²) in [6.45, 7) is 6.55. The van der Waals surface area contributed by atoms with Crippen molar-refractivity contribution in [1.82, 2.24) is 4.90 Å². The average Bonchev–Trinajstić information content (AvgIpc) is 2.49. The van der Waals surface area contributed by atoms with Crippen LogP contribution in [-0.2, 0) is 0 Å². The van der Waals surface area contributed by atoms with Crippen molar-refractivity contribution >= 4 is 5.78 Å². The van der Waals surface area contributed by atoms with Gasteiger partial charge in [0.25, 0.3) is 0 Å². The maximum Gasteiger partial charge on any atom is 0.179 e. The van der Waals surface area contributed by atoms with E-state index in [4.69, 9.17) is 0 Å². The van der Waals surface area contributed by atoms with Crippen LogP contribution in [0.4, 0.5) is 0 Å². The number of Topliss-reactive ketones (excluding diaryl/α,β-unsaturated/α-hetero) is 1. The standard InChI is InChI=1S/C17H25NO/c1-3-14-10-12-18(13-11-14)16(4-2)17(19)15-8-6-5-7-9-15/h5-9,14,16H,3-4,10-13H2,1-2H3. The first kappa shape index (κ1) is 14.3. The van der Waals surface area contributed by atoms with E-state index >= 15 is 0 Å². The number of piperidine rings is 1. The molecule has 0 radical (unpaired) electrons. The zero-order valence-electron chi connectivity index (χ0n) is 12.1. The Morgan fingerprint density at radius 3 is 2.37 bits per heavy atom. The Labute approximate surface area is 116 Å². The second kappa shape index (κ2) is 6.85. The first-order valence-electron chi connectivity index (χ1n) is 7.59. The lowest BCUT2D eigenvalue weighted by Crippen LogP contribution is -2.45. The lowest BCUT2D eigenvalue weighted by Gasteiger charge is -2.36. The van der Waals surface area contributed by atoms with Gasteiger partial charge in [0.2, 0.25) is 0 Å². The summed E-state index contributed by atoms with van der Waals surface area (Å²) in [5.74, 6) is 1.15. The molecule has 1 unspecified atom stereocenters. The number of likely N-dealkylation sites (tertiary alicyclic amines) is 1. The number of hydrogen-bond donors (Lipinski definition) is 0. The fraction of sp³-hybridized carbons (Fsp3) is 0.588. The number of hydrogen-bond acceptors (Lipinski definition) is 2. The summed E-state index contributed by atoms with van der Waals surface area (Å²) in [4.78, 5) is 15.0. The third kappa shape index (κ3) is 3.44. The molecule has 1 aliphatic rings. The zero-order valence-corrected chi connectivity index (χ0v) is 12.1. The van der Waals surface area contributed by atoms with E-state index in [1.54, 1.807) is 0 Å². The van der Waals surface area contributed by atoms with Gasteiger partial charge in [-0.25, -0.2) is 0 Å². The molecule has 1 heterocycles. The Balaban J connectivity index is 2.02. The van der Waals surface area contributed by atoms with Crippen molar-refractivity contribution in [3.63, 3.8) is 0 Å². The van der Waals surface area contributed by atoms with Gasteiger partial charge in [-0.3, -0.25) is 9.69 Å². The van der Waals surface area contributed by atoms with Gasteiger partial charge in [-0.1, -0.05) is 50.6 Å². The normalized spacial score (nSPS) is 19.3. The van der Waals surface area contributed by atoms with Crippen LogP contribution >= 0.6 is 0 Å². The fourth-order valence-corrected chi connectivity index (χ4v) is 3.08. The molecule has 0 aliphatic carbocycles. The minimum absolute atomic E-state index is 0.0696. The molecule has 2 heteroatoms. The summed E-state index contributed by atoms with van der Waals surface area (Å²) in [6.07, 6.45) is 4.67. The molecule has 19 heavy (non-hydrogen) atoms. The number of carbonyl (C=O) groups is 1. The van der Waals surface area contributed by atoms with Gasteiger partial charge < -0.3 is 0 Å². The Kier molecular flexibility index (Phi) is 5.15. The van der Waals surface area contributed by atoms with Crippen LogP contribution in [0.25, 0.3) is 0 Å². The lowest BCUT2D eigenvalue weighted by atomic mass is 9.91. The Morgan fingerprint density at radius 1 is 1.21 bits per heavy atom. The van der Waals surface area contributed by atoms with E-state index in [-0.39, 0.29) is 11.8 Å². The maximum absolute atomic E-state index is 12.6. The van der Waals surface area contributed by atoms with Crippen molar-refractivity contribution in [2.45, 2.75) is 45.6 Å². The minimum Gasteiger partial charge on any atom is -0.293 e. The average molecular weight is 259 g/mol. The van der Waals surface area contributed by atoms with Gasteiger partial charge in [0.15, 0.2) is 5.78 Å². The molecule has 1 saturated heterocycles. The Morgan fingerprint density at radius 2 is 1.84 bits per heavy atom. The summed E-state index contributed by atoms with van der Waals surface area (Å²) in [5, 5.41) is 0. The summed E-state index contributed by atoms with van der Waals surface area (Å²) in [5.41, 5.74) is 0.854. The minimum atomic E-state index is 0.0696. The highest BCUT2D eigenvalue weighted by molar-refractivity contribution is 6.00. The second-order valence-electron chi connectivity index (χ2n) is 5.54. The van der Waals surface area contributed by atoms with E-state index in [1.165, 1.54) is 19.3 Å². The highest BCUT2D eigenvalue weighted by Gasteiger charge is 2.28. The quantitative estimate of drug-likeness (QED) is 0.750. The fourth-order valence-electron chi connectivity index (χ4n) is 3.08. The van der Waals surface area contributed by atoms with Crippen molar-refractivity contribution in [1.29, 1.82) is 0 Å². The van der Waals surface area contributed by atoms with Crippen molar-refractivity contribution in [2.24, 2.45) is 5.92 Å². The zero-order chi connectivity index (χ0) is 13.7. The third-order valence-corrected chi connectivity index (χ3v) is 4.41. The van der Waals surface area contributed by atoms with Crippen molar-refractivity contribution in [3.05, 3.63) is 35.9 Å². The summed E-state index contributed by atoms with van der Waals surface area (Å²) < 4.78 is 0. The van der Waals surface area contributed by atoms with E-state index in [1.807, 2.05) is 30.3 Å². The molecule has 2 rings (SSSR count). The van der Waals surface area contributed by atoms with Crippen molar-refractivity contribution in [3.8, 4) is 0 Å². The number of ketones is 1. The number of carbonyl (C=O) groups excluding carboxylic acids is 1. The van der Waals surface area contributed by atoms with Crippen LogP contribution in [0.3, 0.4) is 0 Å². The molecular weight excluding hydrogens is 234 g/mol. The Hall–Kier alpha value is -1.15. The van der Waals surface area contributed by atoms with Crippen LogP contribution in [0.15, 0.2) is 30.3 Å². The van der Waals surface area contributed by atoms with Crippen LogP contribution in [0.2, 0.25) is 0 Å². The predicted molar refractivity (Wildman–Crippen MR) is 79.4 cm³/mol. The first-order valence-corrected chi connectivity index (χ1v) is 7.59. The van der Waals surface area contributed by atoms with E-state index in [0.717, 1.165) is 31.0 Å². The molecule has 2 nitrogen and oxygen atoms in total. The largest absolute Gasteiger partial charge is 0.293 e. The SMILES string of the molecule is CCC1CCN(C(CC)C(=O)c2ccccc2)CC1. The van der Waals surface area contributed by atoms with E-state index in [0.29, 0.717) is 0 Å². The molecular formula is C17H25NO. The second-order valence-corrected chi connectivity index (χ2v) is 5.54. The van der Waals surface area contributed by atoms with Crippen LogP contribution in [0.5, 0.6) is 0 Å². The van der Waals surface area contributed by atoms with Crippen LogP contribution in [-0.4, -0.2) is 29.8 Å². The van der Waals surface area contributed by atoms with Crippen molar-refractivity contribution in [2.75, 3.05) is 13.1 Å². The van der Waals surface area contributed by atoms with E-state index < -0.39 is 0 Å². The molecule has 1 aliphatic heterocycles. The number of benzene rings is 1. The molecule has 1 aromatic rings. The number of nitrogens with zero attached hydrogens (tertiary/aromatic N) is 1. The summed E-state index contributed by atoms with van der Waals surface area (Å²) >= 11 is 0. The molecule has 0 N–H and O–H groups in total. The smallest absolute Gasteiger partial charge is 0.179 e. The van der Waals surface area contributed by atoms with Gasteiger partial charge in [0.05, 0.1) is 6.04 Å². The van der Waals surface area contributed by atoms with Crippen LogP contribution in [0.1, 0.15) is 49.9 Å². The van der Waals surface area contributed by atoms with Crippen LogP contribution < -0.4 is 0 Å². The van der Waals surface area contributed by atoms with Crippen LogP contribution in [0, 0.1) is 5.92 Å². The van der Waals surface area contributed by atoms with Gasteiger partial charge in [-0.15, -0.1) is 0 Å². The Bertz CT molecular complexity index is 393. The molecule has 0 aromatic heterocycles. The first-order chi connectivity index (χ1) is 9.26. The van der Waals surface area contributed by atoms with Gasteiger partial charge in [0.1, 0.15) is 0 Å². The lowest BCUT2D eigenvalue weighted by molar-refractivity contribution is 0.0732. The maximum atomic E-state index is 12.6. The van der Waals surface area contributed by atoms with E-state index in [9.17, 15) is 4.79 Å². The molecule has 0 bridgehead atoms. The molecule has 1 atom stereocenters. The van der Waals surface area contributed by atoms with Gasteiger partial charge in [-0.2, -0.15) is 0 Å². The molecule has 1 fully saturated rings. The molecule has 0 saturated carbocycles. The topological polar surface area (TPSA) is 20.3 Å². The summed E-state index contributed by atoms with van der Waals surface area (Å²) in [7, 11) is 0. The third-order valence-electron chi connectivity index (χ3n) is 4.41. The monoisotopic (exact) mass is 259 g/mol. The molecule has 0 spiro atoms. The molecule has 1 aromatic carbocycles. The highest BCUT2D eigenvalue weighted by Crippen LogP contribution is 2.23. The number of rotatable bonds is 5. The van der Waals surface area contributed by atoms with E-state index in [2.05, 4.69) is 18.7 Å². The van der Waals surface area contributed by atoms with Crippen molar-refractivity contribution < 1.29 is 4.79 Å². The molecule has 0 amide bonds. The van der Waals surface area contributed by atoms with Gasteiger partial charge in [-0.05, 0) is 38.3 Å². The highest BCUT2D eigenvalue weighted by atomic mass is 16.1.